The molecular weight excluding hydrogens is 168 g/mol. The highest BCUT2D eigenvalue weighted by Gasteiger charge is 2.05. The van der Waals surface area contributed by atoms with E-state index in [1.165, 1.54) is 0 Å². The van der Waals surface area contributed by atoms with Gasteiger partial charge in [0, 0.05) is 13.1 Å². The van der Waals surface area contributed by atoms with Crippen molar-refractivity contribution in [2.75, 3.05) is 39.8 Å². The molecule has 4 nitrogen and oxygen atoms in total. The average Bonchev–Trinajstić information content (AvgIpc) is 2.05. The molecule has 13 heavy (non-hydrogen) atoms. The fraction of sp³-hybridized carbons (Fsp3) is 0.889. The molecule has 0 aliphatic carbocycles. The second-order valence-corrected chi connectivity index (χ2v) is 3.16. The number of carboxylic acids is 1. The van der Waals surface area contributed by atoms with Crippen molar-refractivity contribution in [1.82, 2.24) is 9.80 Å². The highest BCUT2D eigenvalue weighted by atomic mass is 16.4. The van der Waals surface area contributed by atoms with Crippen LogP contribution < -0.4 is 0 Å². The summed E-state index contributed by atoms with van der Waals surface area (Å²) in [4.78, 5) is 14.4. The summed E-state index contributed by atoms with van der Waals surface area (Å²) in [6.07, 6.45) is 0. The molecule has 0 radical (unpaired) electrons. The molecule has 0 bridgehead atoms. The fourth-order valence-corrected chi connectivity index (χ4v) is 1.16. The minimum absolute atomic E-state index is 0.126. The van der Waals surface area contributed by atoms with E-state index < -0.39 is 5.97 Å². The molecule has 0 unspecified atom stereocenters. The highest BCUT2D eigenvalue weighted by molar-refractivity contribution is 5.68. The number of carbonyl (C=O) groups is 1. The van der Waals surface area contributed by atoms with Gasteiger partial charge in [-0.3, -0.25) is 9.69 Å². The molecule has 0 rings (SSSR count). The van der Waals surface area contributed by atoms with Gasteiger partial charge in [0.1, 0.15) is 0 Å². The Morgan fingerprint density at radius 1 is 1.23 bits per heavy atom. The van der Waals surface area contributed by atoms with Crippen LogP contribution in [0.15, 0.2) is 0 Å². The number of hydrogen-bond donors (Lipinski definition) is 1. The maximum Gasteiger partial charge on any atom is 0.317 e. The molecule has 0 heterocycles. The van der Waals surface area contributed by atoms with Crippen molar-refractivity contribution in [3.63, 3.8) is 0 Å². The molecule has 0 fully saturated rings. The van der Waals surface area contributed by atoms with Crippen molar-refractivity contribution < 1.29 is 9.90 Å². The minimum atomic E-state index is -0.762. The van der Waals surface area contributed by atoms with Crippen LogP contribution in [0.2, 0.25) is 0 Å². The van der Waals surface area contributed by atoms with Crippen LogP contribution in [0, 0.1) is 0 Å². The Labute approximate surface area is 80.1 Å². The van der Waals surface area contributed by atoms with Gasteiger partial charge < -0.3 is 10.0 Å². The molecule has 78 valence electrons. The van der Waals surface area contributed by atoms with Gasteiger partial charge in [0.25, 0.3) is 0 Å². The molecule has 0 atom stereocenters. The van der Waals surface area contributed by atoms with Gasteiger partial charge in [0.2, 0.25) is 0 Å². The van der Waals surface area contributed by atoms with Crippen LogP contribution in [0.3, 0.4) is 0 Å². The van der Waals surface area contributed by atoms with E-state index in [9.17, 15) is 4.79 Å². The van der Waals surface area contributed by atoms with E-state index in [1.807, 2.05) is 11.9 Å². The molecule has 0 saturated heterocycles. The fourth-order valence-electron chi connectivity index (χ4n) is 1.16. The van der Waals surface area contributed by atoms with Gasteiger partial charge in [-0.25, -0.2) is 0 Å². The second kappa shape index (κ2) is 6.86. The van der Waals surface area contributed by atoms with E-state index in [2.05, 4.69) is 18.7 Å². The van der Waals surface area contributed by atoms with Gasteiger partial charge in [-0.2, -0.15) is 0 Å². The summed E-state index contributed by atoms with van der Waals surface area (Å²) in [6, 6.07) is 0. The maximum atomic E-state index is 10.3. The number of aliphatic carboxylic acids is 1. The largest absolute Gasteiger partial charge is 0.480 e. The molecule has 0 saturated carbocycles. The molecule has 0 spiro atoms. The summed E-state index contributed by atoms with van der Waals surface area (Å²) in [5.41, 5.74) is 0. The van der Waals surface area contributed by atoms with Crippen LogP contribution in [0.1, 0.15) is 13.8 Å². The first kappa shape index (κ1) is 12.4. The van der Waals surface area contributed by atoms with Gasteiger partial charge in [0.05, 0.1) is 6.54 Å². The third-order valence-corrected chi connectivity index (χ3v) is 2.10. The van der Waals surface area contributed by atoms with Crippen LogP contribution in [-0.4, -0.2) is 60.6 Å². The van der Waals surface area contributed by atoms with E-state index in [0.717, 1.165) is 26.2 Å². The zero-order chi connectivity index (χ0) is 10.3. The Morgan fingerprint density at radius 3 is 2.15 bits per heavy atom. The predicted molar refractivity (Wildman–Crippen MR) is 52.9 cm³/mol. The maximum absolute atomic E-state index is 10.3. The van der Waals surface area contributed by atoms with Crippen molar-refractivity contribution in [3.8, 4) is 0 Å². The Bertz CT molecular complexity index is 147. The van der Waals surface area contributed by atoms with Crippen LogP contribution in [-0.2, 0) is 4.79 Å². The number of nitrogens with zero attached hydrogens (tertiary/aromatic N) is 2. The number of hydrogen-bond acceptors (Lipinski definition) is 3. The summed E-state index contributed by atoms with van der Waals surface area (Å²) in [7, 11) is 1.83. The first-order chi connectivity index (χ1) is 6.10. The quantitative estimate of drug-likeness (QED) is 0.626. The van der Waals surface area contributed by atoms with Gasteiger partial charge in [-0.15, -0.1) is 0 Å². The normalized spacial score (nSPS) is 11.2. The molecule has 1 N–H and O–H groups in total. The SMILES string of the molecule is CCN(CC)CCN(C)CC(=O)O. The molecule has 0 aromatic carbocycles. The number of rotatable bonds is 7. The molecule has 0 aliphatic rings. The monoisotopic (exact) mass is 188 g/mol. The Hall–Kier alpha value is -0.610. The van der Waals surface area contributed by atoms with Crippen LogP contribution >= 0.6 is 0 Å². The van der Waals surface area contributed by atoms with Crippen molar-refractivity contribution in [3.05, 3.63) is 0 Å². The Morgan fingerprint density at radius 2 is 1.77 bits per heavy atom. The van der Waals surface area contributed by atoms with Crippen LogP contribution in [0.5, 0.6) is 0 Å². The molecule has 0 aromatic heterocycles. The van der Waals surface area contributed by atoms with E-state index in [4.69, 9.17) is 5.11 Å². The summed E-state index contributed by atoms with van der Waals surface area (Å²) < 4.78 is 0. The lowest BCUT2D eigenvalue weighted by molar-refractivity contribution is -0.138. The van der Waals surface area contributed by atoms with Crippen molar-refractivity contribution in [2.45, 2.75) is 13.8 Å². The zero-order valence-corrected chi connectivity index (χ0v) is 8.79. The standard InChI is InChI=1S/C9H20N2O2/c1-4-11(5-2)7-6-10(3)8-9(12)13/h4-8H2,1-3H3,(H,12,13). The van der Waals surface area contributed by atoms with E-state index in [0.29, 0.717) is 0 Å². The molecule has 0 aliphatic heterocycles. The second-order valence-electron chi connectivity index (χ2n) is 3.16. The number of likely N-dealkylation sites (N-methyl/N-ethyl adjacent to an activating group) is 2. The van der Waals surface area contributed by atoms with Crippen LogP contribution in [0.25, 0.3) is 0 Å². The van der Waals surface area contributed by atoms with E-state index in [1.54, 1.807) is 0 Å². The molecule has 4 heteroatoms. The summed E-state index contributed by atoms with van der Waals surface area (Å²) >= 11 is 0. The van der Waals surface area contributed by atoms with E-state index in [-0.39, 0.29) is 6.54 Å². The van der Waals surface area contributed by atoms with Crippen LogP contribution in [0.4, 0.5) is 0 Å². The lowest BCUT2D eigenvalue weighted by Gasteiger charge is -2.21. The summed E-state index contributed by atoms with van der Waals surface area (Å²) in [6.45, 7) is 8.16. The van der Waals surface area contributed by atoms with Crippen molar-refractivity contribution in [1.29, 1.82) is 0 Å². The van der Waals surface area contributed by atoms with Gasteiger partial charge in [0.15, 0.2) is 0 Å². The van der Waals surface area contributed by atoms with Gasteiger partial charge >= 0.3 is 5.97 Å². The highest BCUT2D eigenvalue weighted by Crippen LogP contribution is 1.89. The Balaban J connectivity index is 3.55. The first-order valence-electron chi connectivity index (χ1n) is 4.72. The van der Waals surface area contributed by atoms with Gasteiger partial charge in [-0.05, 0) is 20.1 Å². The van der Waals surface area contributed by atoms with Crippen molar-refractivity contribution >= 4 is 5.97 Å². The topological polar surface area (TPSA) is 43.8 Å². The third kappa shape index (κ3) is 6.54. The minimum Gasteiger partial charge on any atom is -0.480 e. The molecular formula is C9H20N2O2. The molecule has 0 aromatic rings. The smallest absolute Gasteiger partial charge is 0.317 e. The first-order valence-corrected chi connectivity index (χ1v) is 4.72. The van der Waals surface area contributed by atoms with Crippen molar-refractivity contribution in [2.24, 2.45) is 0 Å². The third-order valence-electron chi connectivity index (χ3n) is 2.10. The summed E-state index contributed by atoms with van der Waals surface area (Å²) in [5, 5.41) is 8.51. The summed E-state index contributed by atoms with van der Waals surface area (Å²) in [5.74, 6) is -0.762. The lowest BCUT2D eigenvalue weighted by atomic mass is 10.4. The number of carboxylic acid groups (broad SMARTS) is 1. The zero-order valence-electron chi connectivity index (χ0n) is 8.79. The van der Waals surface area contributed by atoms with E-state index >= 15 is 0 Å². The lowest BCUT2D eigenvalue weighted by Crippen LogP contribution is -2.35. The molecule has 0 amide bonds. The average molecular weight is 188 g/mol. The Kier molecular flexibility index (Phi) is 6.54. The van der Waals surface area contributed by atoms with Gasteiger partial charge in [-0.1, -0.05) is 13.8 Å². The predicted octanol–water partition coefficient (Wildman–Crippen LogP) is 0.345.